The Hall–Kier alpha value is -2.36. The molecule has 0 atom stereocenters. The van der Waals surface area contributed by atoms with Crippen LogP contribution < -0.4 is 0 Å². The van der Waals surface area contributed by atoms with E-state index in [1.165, 1.54) is 24.3 Å². The fourth-order valence-electron chi connectivity index (χ4n) is 1.76. The number of aromatic hydroxyl groups is 1. The number of phenols is 1. The summed E-state index contributed by atoms with van der Waals surface area (Å²) in [6, 6.07) is 10.5. The molecule has 0 aromatic heterocycles. The normalized spacial score (nSPS) is 10.2. The van der Waals surface area contributed by atoms with Gasteiger partial charge in [-0.3, -0.25) is 0 Å². The highest BCUT2D eigenvalue weighted by molar-refractivity contribution is 5.93. The minimum absolute atomic E-state index is 0.0991. The molecule has 0 aliphatic heterocycles. The molecule has 0 spiro atoms. The highest BCUT2D eigenvalue weighted by Crippen LogP contribution is 2.27. The van der Waals surface area contributed by atoms with Crippen molar-refractivity contribution in [3.63, 3.8) is 0 Å². The van der Waals surface area contributed by atoms with Gasteiger partial charge in [-0.2, -0.15) is 0 Å². The lowest BCUT2D eigenvalue weighted by Gasteiger charge is -2.07. The van der Waals surface area contributed by atoms with Crippen molar-refractivity contribution in [2.75, 3.05) is 6.61 Å². The van der Waals surface area contributed by atoms with Crippen LogP contribution in [0.25, 0.3) is 11.1 Å². The molecule has 1 N–H and O–H groups in total. The van der Waals surface area contributed by atoms with Crippen molar-refractivity contribution in [1.82, 2.24) is 0 Å². The number of hydrogen-bond acceptors (Lipinski definition) is 3. The van der Waals surface area contributed by atoms with E-state index in [0.717, 1.165) is 0 Å². The number of halogens is 1. The zero-order valence-electron chi connectivity index (χ0n) is 10.4. The van der Waals surface area contributed by atoms with Crippen molar-refractivity contribution in [2.24, 2.45) is 0 Å². The van der Waals surface area contributed by atoms with Crippen molar-refractivity contribution < 1.29 is 19.0 Å². The van der Waals surface area contributed by atoms with Crippen molar-refractivity contribution in [3.8, 4) is 16.9 Å². The number of phenolic OH excluding ortho intramolecular Hbond substituents is 1. The molecule has 98 valence electrons. The molecule has 0 unspecified atom stereocenters. The molecule has 0 radical (unpaired) electrons. The standard InChI is InChI=1S/C15H13FO3/c1-2-19-15(18)13-7-6-11(9-14(13)17)10-4-3-5-12(16)8-10/h3-9,17H,2H2,1H3. The second-order valence-electron chi connectivity index (χ2n) is 3.96. The number of esters is 1. The Kier molecular flexibility index (Phi) is 3.80. The summed E-state index contributed by atoms with van der Waals surface area (Å²) in [4.78, 5) is 11.5. The quantitative estimate of drug-likeness (QED) is 0.860. The highest BCUT2D eigenvalue weighted by Gasteiger charge is 2.13. The van der Waals surface area contributed by atoms with Crippen LogP contribution in [0.15, 0.2) is 42.5 Å². The third kappa shape index (κ3) is 2.91. The maximum absolute atomic E-state index is 13.1. The molecule has 2 rings (SSSR count). The van der Waals surface area contributed by atoms with Crippen LogP contribution in [0.5, 0.6) is 5.75 Å². The van der Waals surface area contributed by atoms with E-state index in [4.69, 9.17) is 4.74 Å². The van der Waals surface area contributed by atoms with Crippen LogP contribution >= 0.6 is 0 Å². The summed E-state index contributed by atoms with van der Waals surface area (Å²) in [5.41, 5.74) is 1.36. The van der Waals surface area contributed by atoms with E-state index in [0.29, 0.717) is 11.1 Å². The molecule has 4 heteroatoms. The predicted molar refractivity (Wildman–Crippen MR) is 69.5 cm³/mol. The van der Waals surface area contributed by atoms with E-state index >= 15 is 0 Å². The first-order valence-electron chi connectivity index (χ1n) is 5.88. The van der Waals surface area contributed by atoms with Crippen molar-refractivity contribution >= 4 is 5.97 Å². The van der Waals surface area contributed by atoms with Gasteiger partial charge in [0.25, 0.3) is 0 Å². The summed E-state index contributed by atoms with van der Waals surface area (Å²) in [5.74, 6) is -1.11. The van der Waals surface area contributed by atoms with Gasteiger partial charge in [0.2, 0.25) is 0 Å². The first kappa shape index (κ1) is 13.1. The lowest BCUT2D eigenvalue weighted by molar-refractivity contribution is 0.0523. The Morgan fingerprint density at radius 1 is 1.21 bits per heavy atom. The van der Waals surface area contributed by atoms with E-state index in [1.54, 1.807) is 25.1 Å². The smallest absolute Gasteiger partial charge is 0.341 e. The van der Waals surface area contributed by atoms with Crippen LogP contribution in [-0.2, 0) is 4.74 Å². The number of carbonyl (C=O) groups is 1. The van der Waals surface area contributed by atoms with Gasteiger partial charge in [-0.15, -0.1) is 0 Å². The zero-order valence-corrected chi connectivity index (χ0v) is 10.4. The van der Waals surface area contributed by atoms with E-state index in [-0.39, 0.29) is 23.7 Å². The summed E-state index contributed by atoms with van der Waals surface area (Å²) in [6.07, 6.45) is 0. The lowest BCUT2D eigenvalue weighted by Crippen LogP contribution is -2.04. The van der Waals surface area contributed by atoms with E-state index in [2.05, 4.69) is 0 Å². The van der Waals surface area contributed by atoms with Crippen molar-refractivity contribution in [1.29, 1.82) is 0 Å². The van der Waals surface area contributed by atoms with Gasteiger partial charge in [0.05, 0.1) is 6.61 Å². The molecule has 3 nitrogen and oxygen atoms in total. The summed E-state index contributed by atoms with van der Waals surface area (Å²) < 4.78 is 17.9. The first-order valence-corrected chi connectivity index (χ1v) is 5.88. The molecule has 0 bridgehead atoms. The van der Waals surface area contributed by atoms with Crippen LogP contribution in [0, 0.1) is 5.82 Å². The molecule has 0 saturated heterocycles. The van der Waals surface area contributed by atoms with E-state index in [1.807, 2.05) is 0 Å². The summed E-state index contributed by atoms with van der Waals surface area (Å²) in [5, 5.41) is 9.82. The largest absolute Gasteiger partial charge is 0.507 e. The van der Waals surface area contributed by atoms with Gasteiger partial charge in [0.1, 0.15) is 17.1 Å². The number of ether oxygens (including phenoxy) is 1. The molecule has 0 heterocycles. The minimum atomic E-state index is -0.578. The SMILES string of the molecule is CCOC(=O)c1ccc(-c2cccc(F)c2)cc1O. The highest BCUT2D eigenvalue weighted by atomic mass is 19.1. The zero-order chi connectivity index (χ0) is 13.8. The number of hydrogen-bond donors (Lipinski definition) is 1. The molecule has 0 aliphatic rings. The van der Waals surface area contributed by atoms with Gasteiger partial charge in [0, 0.05) is 0 Å². The number of carbonyl (C=O) groups excluding carboxylic acids is 1. The first-order chi connectivity index (χ1) is 9.11. The van der Waals surface area contributed by atoms with E-state index in [9.17, 15) is 14.3 Å². The van der Waals surface area contributed by atoms with Crippen LogP contribution in [0.2, 0.25) is 0 Å². The Labute approximate surface area is 110 Å². The average molecular weight is 260 g/mol. The van der Waals surface area contributed by atoms with Crippen LogP contribution in [0.4, 0.5) is 4.39 Å². The monoisotopic (exact) mass is 260 g/mol. The molecule has 19 heavy (non-hydrogen) atoms. The molecular formula is C15H13FO3. The average Bonchev–Trinajstić information content (AvgIpc) is 2.38. The van der Waals surface area contributed by atoms with Gasteiger partial charge in [-0.05, 0) is 42.3 Å². The van der Waals surface area contributed by atoms with Crippen LogP contribution in [0.3, 0.4) is 0 Å². The van der Waals surface area contributed by atoms with E-state index < -0.39 is 5.97 Å². The summed E-state index contributed by atoms with van der Waals surface area (Å²) >= 11 is 0. The van der Waals surface area contributed by atoms with Gasteiger partial charge in [-0.1, -0.05) is 18.2 Å². The fourth-order valence-corrected chi connectivity index (χ4v) is 1.76. The Bertz CT molecular complexity index is 608. The Morgan fingerprint density at radius 2 is 1.95 bits per heavy atom. The molecule has 0 saturated carbocycles. The van der Waals surface area contributed by atoms with Crippen molar-refractivity contribution in [2.45, 2.75) is 6.92 Å². The lowest BCUT2D eigenvalue weighted by atomic mass is 10.0. The second-order valence-corrected chi connectivity index (χ2v) is 3.96. The summed E-state index contributed by atoms with van der Waals surface area (Å²) in [6.45, 7) is 1.93. The van der Waals surface area contributed by atoms with Gasteiger partial charge in [0.15, 0.2) is 0 Å². The number of benzene rings is 2. The maximum Gasteiger partial charge on any atom is 0.341 e. The maximum atomic E-state index is 13.1. The van der Waals surface area contributed by atoms with Gasteiger partial charge >= 0.3 is 5.97 Å². The molecule has 2 aromatic rings. The van der Waals surface area contributed by atoms with Crippen LogP contribution in [-0.4, -0.2) is 17.7 Å². The van der Waals surface area contributed by atoms with Crippen LogP contribution in [0.1, 0.15) is 17.3 Å². The molecule has 0 amide bonds. The summed E-state index contributed by atoms with van der Waals surface area (Å²) in [7, 11) is 0. The molecule has 2 aromatic carbocycles. The molecular weight excluding hydrogens is 247 g/mol. The third-order valence-corrected chi connectivity index (χ3v) is 2.65. The fraction of sp³-hybridized carbons (Fsp3) is 0.133. The molecule has 0 fully saturated rings. The molecule has 0 aliphatic carbocycles. The number of rotatable bonds is 3. The Morgan fingerprint density at radius 3 is 2.58 bits per heavy atom. The Balaban J connectivity index is 2.36. The second kappa shape index (κ2) is 5.52. The minimum Gasteiger partial charge on any atom is -0.507 e. The predicted octanol–water partition coefficient (Wildman–Crippen LogP) is 3.38. The van der Waals surface area contributed by atoms with Gasteiger partial charge < -0.3 is 9.84 Å². The third-order valence-electron chi connectivity index (χ3n) is 2.65. The van der Waals surface area contributed by atoms with Crippen molar-refractivity contribution in [3.05, 3.63) is 53.8 Å². The van der Waals surface area contributed by atoms with Gasteiger partial charge in [-0.25, -0.2) is 9.18 Å². The topological polar surface area (TPSA) is 46.5 Å².